The zero-order valence-electron chi connectivity index (χ0n) is 15.3. The molecule has 132 valence electrons. The van der Waals surface area contributed by atoms with Crippen LogP contribution in [-0.4, -0.2) is 19.6 Å². The van der Waals surface area contributed by atoms with E-state index in [9.17, 15) is 4.79 Å². The second kappa shape index (κ2) is 8.92. The van der Waals surface area contributed by atoms with Crippen molar-refractivity contribution in [3.8, 4) is 11.5 Å². The molecule has 0 spiro atoms. The van der Waals surface area contributed by atoms with Crippen molar-refractivity contribution in [2.45, 2.75) is 27.2 Å². The fourth-order valence-corrected chi connectivity index (χ4v) is 2.29. The number of anilines is 1. The Morgan fingerprint density at radius 3 is 2.56 bits per heavy atom. The molecule has 0 heterocycles. The van der Waals surface area contributed by atoms with Crippen LogP contribution < -0.4 is 14.8 Å². The van der Waals surface area contributed by atoms with E-state index in [1.54, 1.807) is 13.2 Å². The van der Waals surface area contributed by atoms with Crippen LogP contribution in [0.3, 0.4) is 0 Å². The fourth-order valence-electron chi connectivity index (χ4n) is 2.29. The Balaban J connectivity index is 2.04. The quantitative estimate of drug-likeness (QED) is 0.740. The average Bonchev–Trinajstić information content (AvgIpc) is 2.61. The Labute approximate surface area is 149 Å². The van der Waals surface area contributed by atoms with Crippen molar-refractivity contribution in [1.29, 1.82) is 0 Å². The van der Waals surface area contributed by atoms with Gasteiger partial charge in [-0.2, -0.15) is 0 Å². The topological polar surface area (TPSA) is 47.6 Å². The van der Waals surface area contributed by atoms with Gasteiger partial charge in [-0.05, 0) is 67.3 Å². The minimum Gasteiger partial charge on any atom is -0.493 e. The second-order valence-corrected chi connectivity index (χ2v) is 5.88. The Morgan fingerprint density at radius 2 is 1.88 bits per heavy atom. The summed E-state index contributed by atoms with van der Waals surface area (Å²) in [6, 6.07) is 11.5. The van der Waals surface area contributed by atoms with Crippen LogP contribution >= 0.6 is 0 Å². The van der Waals surface area contributed by atoms with Gasteiger partial charge in [-0.1, -0.05) is 19.1 Å². The number of carbonyl (C=O) groups is 1. The summed E-state index contributed by atoms with van der Waals surface area (Å²) in [6.45, 7) is 6.76. The lowest BCUT2D eigenvalue weighted by Crippen LogP contribution is -2.07. The Kier molecular flexibility index (Phi) is 6.63. The summed E-state index contributed by atoms with van der Waals surface area (Å²) in [6.07, 6.45) is 4.20. The summed E-state index contributed by atoms with van der Waals surface area (Å²) < 4.78 is 11.0. The van der Waals surface area contributed by atoms with Crippen molar-refractivity contribution in [2.24, 2.45) is 0 Å². The number of aryl methyl sites for hydroxylation is 2. The van der Waals surface area contributed by atoms with E-state index in [0.717, 1.165) is 23.2 Å². The molecule has 0 saturated heterocycles. The largest absolute Gasteiger partial charge is 0.493 e. The number of benzene rings is 2. The summed E-state index contributed by atoms with van der Waals surface area (Å²) in [5.74, 6) is 1.19. The van der Waals surface area contributed by atoms with Crippen LogP contribution in [0.15, 0.2) is 42.5 Å². The highest BCUT2D eigenvalue weighted by Gasteiger charge is 2.05. The van der Waals surface area contributed by atoms with Crippen LogP contribution in [0.2, 0.25) is 0 Å². The Hall–Kier alpha value is -2.75. The van der Waals surface area contributed by atoms with Gasteiger partial charge in [-0.15, -0.1) is 0 Å². The molecular formula is C21H25NO3. The van der Waals surface area contributed by atoms with E-state index in [-0.39, 0.29) is 5.91 Å². The lowest BCUT2D eigenvalue weighted by Gasteiger charge is -2.10. The van der Waals surface area contributed by atoms with Crippen LogP contribution in [0, 0.1) is 13.8 Å². The van der Waals surface area contributed by atoms with Gasteiger partial charge in [0.2, 0.25) is 5.91 Å². The van der Waals surface area contributed by atoms with E-state index in [1.165, 1.54) is 11.6 Å². The number of carbonyl (C=O) groups excluding carboxylic acids is 1. The molecule has 1 N–H and O–H groups in total. The number of ether oxygens (including phenoxy) is 2. The van der Waals surface area contributed by atoms with Crippen molar-refractivity contribution in [3.63, 3.8) is 0 Å². The third kappa shape index (κ3) is 5.38. The molecule has 1 amide bonds. The predicted molar refractivity (Wildman–Crippen MR) is 102 cm³/mol. The molecule has 2 aromatic rings. The SMILES string of the molecule is CCCOc1ccc(/C=C/C(=O)Nc2ccc(C)c(C)c2)cc1OC. The van der Waals surface area contributed by atoms with Crippen LogP contribution in [-0.2, 0) is 4.79 Å². The van der Waals surface area contributed by atoms with Crippen LogP contribution in [0.4, 0.5) is 5.69 Å². The van der Waals surface area contributed by atoms with E-state index >= 15 is 0 Å². The zero-order chi connectivity index (χ0) is 18.2. The van der Waals surface area contributed by atoms with Crippen LogP contribution in [0.1, 0.15) is 30.0 Å². The summed E-state index contributed by atoms with van der Waals surface area (Å²) >= 11 is 0. The van der Waals surface area contributed by atoms with Crippen molar-refractivity contribution >= 4 is 17.7 Å². The van der Waals surface area contributed by atoms with E-state index < -0.39 is 0 Å². The van der Waals surface area contributed by atoms with E-state index in [1.807, 2.05) is 50.2 Å². The maximum atomic E-state index is 12.1. The summed E-state index contributed by atoms with van der Waals surface area (Å²) in [5.41, 5.74) is 4.01. The molecule has 0 bridgehead atoms. The highest BCUT2D eigenvalue weighted by molar-refractivity contribution is 6.02. The van der Waals surface area contributed by atoms with Gasteiger partial charge in [0.1, 0.15) is 0 Å². The maximum Gasteiger partial charge on any atom is 0.248 e. The van der Waals surface area contributed by atoms with Crippen LogP contribution in [0.25, 0.3) is 6.08 Å². The third-order valence-electron chi connectivity index (χ3n) is 3.85. The second-order valence-electron chi connectivity index (χ2n) is 5.88. The average molecular weight is 339 g/mol. The lowest BCUT2D eigenvalue weighted by atomic mass is 10.1. The minimum absolute atomic E-state index is 0.173. The van der Waals surface area contributed by atoms with Gasteiger partial charge >= 0.3 is 0 Å². The number of amides is 1. The first-order valence-corrected chi connectivity index (χ1v) is 8.40. The van der Waals surface area contributed by atoms with Crippen molar-refractivity contribution in [1.82, 2.24) is 0 Å². The number of nitrogens with one attached hydrogen (secondary N) is 1. The molecule has 0 saturated carbocycles. The lowest BCUT2D eigenvalue weighted by molar-refractivity contribution is -0.111. The monoisotopic (exact) mass is 339 g/mol. The maximum absolute atomic E-state index is 12.1. The van der Waals surface area contributed by atoms with Crippen molar-refractivity contribution < 1.29 is 14.3 Å². The first kappa shape index (κ1) is 18.6. The van der Waals surface area contributed by atoms with Gasteiger partial charge < -0.3 is 14.8 Å². The summed E-state index contributed by atoms with van der Waals surface area (Å²) in [7, 11) is 1.61. The third-order valence-corrected chi connectivity index (χ3v) is 3.85. The number of hydrogen-bond acceptors (Lipinski definition) is 3. The first-order chi connectivity index (χ1) is 12.0. The van der Waals surface area contributed by atoms with Crippen molar-refractivity contribution in [3.05, 3.63) is 59.2 Å². The van der Waals surface area contributed by atoms with Gasteiger partial charge in [0.25, 0.3) is 0 Å². The summed E-state index contributed by atoms with van der Waals surface area (Å²) in [4.78, 5) is 12.1. The minimum atomic E-state index is -0.173. The van der Waals surface area contributed by atoms with Crippen molar-refractivity contribution in [2.75, 3.05) is 19.0 Å². The molecule has 0 aromatic heterocycles. The molecule has 2 aromatic carbocycles. The summed E-state index contributed by atoms with van der Waals surface area (Å²) in [5, 5.41) is 2.87. The van der Waals surface area contributed by atoms with Gasteiger partial charge in [-0.25, -0.2) is 0 Å². The standard InChI is InChI=1S/C21H25NO3/c1-5-12-25-19-10-7-17(14-20(19)24-4)8-11-21(23)22-18-9-6-15(2)16(3)13-18/h6-11,13-14H,5,12H2,1-4H3,(H,22,23)/b11-8+. The molecule has 0 atom stereocenters. The first-order valence-electron chi connectivity index (χ1n) is 8.40. The highest BCUT2D eigenvalue weighted by Crippen LogP contribution is 2.28. The van der Waals surface area contributed by atoms with E-state index in [2.05, 4.69) is 12.2 Å². The number of hydrogen-bond donors (Lipinski definition) is 1. The molecule has 4 heteroatoms. The predicted octanol–water partition coefficient (Wildman–Crippen LogP) is 4.75. The molecule has 0 radical (unpaired) electrons. The van der Waals surface area contributed by atoms with Crippen LogP contribution in [0.5, 0.6) is 11.5 Å². The van der Waals surface area contributed by atoms with Gasteiger partial charge in [0, 0.05) is 11.8 Å². The Morgan fingerprint density at radius 1 is 1.08 bits per heavy atom. The molecular weight excluding hydrogens is 314 g/mol. The van der Waals surface area contributed by atoms with Gasteiger partial charge in [0.05, 0.1) is 13.7 Å². The van der Waals surface area contributed by atoms with Gasteiger partial charge in [-0.3, -0.25) is 4.79 Å². The molecule has 0 aliphatic heterocycles. The molecule has 0 aliphatic rings. The molecule has 2 rings (SSSR count). The highest BCUT2D eigenvalue weighted by atomic mass is 16.5. The number of rotatable bonds is 7. The zero-order valence-corrected chi connectivity index (χ0v) is 15.3. The molecule has 4 nitrogen and oxygen atoms in total. The molecule has 0 fully saturated rings. The number of methoxy groups -OCH3 is 1. The van der Waals surface area contributed by atoms with E-state index in [4.69, 9.17) is 9.47 Å². The van der Waals surface area contributed by atoms with E-state index in [0.29, 0.717) is 18.1 Å². The smallest absolute Gasteiger partial charge is 0.248 e. The molecule has 25 heavy (non-hydrogen) atoms. The molecule has 0 unspecified atom stereocenters. The normalized spacial score (nSPS) is 10.7. The fraction of sp³-hybridized carbons (Fsp3) is 0.286. The Bertz CT molecular complexity index is 766. The molecule has 0 aliphatic carbocycles. The van der Waals surface area contributed by atoms with Gasteiger partial charge in [0.15, 0.2) is 11.5 Å².